The number of likely N-dealkylation sites (N-methyl/N-ethyl adjacent to an activating group) is 1. The number of carbonyl (C=O) groups is 1. The van der Waals surface area contributed by atoms with Gasteiger partial charge in [0, 0.05) is 13.1 Å². The number of methoxy groups -OCH3 is 1. The maximum absolute atomic E-state index is 11.7. The molecule has 0 unspecified atom stereocenters. The van der Waals surface area contributed by atoms with Crippen LogP contribution in [-0.4, -0.2) is 55.1 Å². The van der Waals surface area contributed by atoms with Crippen LogP contribution in [0.3, 0.4) is 0 Å². The summed E-state index contributed by atoms with van der Waals surface area (Å²) in [6, 6.07) is 0. The fraction of sp³-hybridized carbons (Fsp3) is 0.462. The van der Waals surface area contributed by atoms with E-state index in [1.165, 1.54) is 24.8 Å². The van der Waals surface area contributed by atoms with Gasteiger partial charge in [0.05, 0.1) is 12.5 Å². The first kappa shape index (κ1) is 14.7. The lowest BCUT2D eigenvalue weighted by atomic mass is 10.2. The Bertz CT molecular complexity index is 624. The summed E-state index contributed by atoms with van der Waals surface area (Å²) < 4.78 is 4.80. The summed E-state index contributed by atoms with van der Waals surface area (Å²) in [6.07, 6.45) is 1.51. The molecule has 108 valence electrons. The molecule has 2 aromatic heterocycles. The van der Waals surface area contributed by atoms with Gasteiger partial charge in [-0.2, -0.15) is 0 Å². The molecule has 2 rings (SSSR count). The summed E-state index contributed by atoms with van der Waals surface area (Å²) in [6.45, 7) is 3.58. The molecule has 6 nitrogen and oxygen atoms in total. The number of carbonyl (C=O) groups excluding carboxylic acids is 1. The third-order valence-electron chi connectivity index (χ3n) is 2.95. The number of ether oxygens (including phenoxy) is 1. The second-order valence-corrected chi connectivity index (χ2v) is 5.68. The number of nitrogens with one attached hydrogen (secondary N) is 1. The van der Waals surface area contributed by atoms with Crippen molar-refractivity contribution in [3.63, 3.8) is 0 Å². The van der Waals surface area contributed by atoms with Crippen molar-refractivity contribution in [2.45, 2.75) is 6.92 Å². The quantitative estimate of drug-likeness (QED) is 0.848. The number of aromatic nitrogens is 2. The van der Waals surface area contributed by atoms with Crippen LogP contribution in [0.25, 0.3) is 10.2 Å². The minimum absolute atomic E-state index is 0.329. The molecule has 2 heterocycles. The Morgan fingerprint density at radius 3 is 2.85 bits per heavy atom. The molecule has 0 aromatic carbocycles. The molecule has 0 saturated carbocycles. The van der Waals surface area contributed by atoms with Crippen LogP contribution in [0.4, 0.5) is 5.82 Å². The highest BCUT2D eigenvalue weighted by molar-refractivity contribution is 7.20. The van der Waals surface area contributed by atoms with Crippen LogP contribution in [0.5, 0.6) is 0 Å². The smallest absolute Gasteiger partial charge is 0.348 e. The Morgan fingerprint density at radius 1 is 1.45 bits per heavy atom. The third kappa shape index (κ3) is 2.88. The number of esters is 1. The standard InChI is InChI=1S/C13H18N4O2S/c1-8-9-11(14-5-6-17(2)3)15-7-16-12(9)20-10(8)13(18)19-4/h7H,5-6H2,1-4H3,(H,14,15,16). The van der Waals surface area contributed by atoms with E-state index in [0.717, 1.165) is 34.7 Å². The van der Waals surface area contributed by atoms with E-state index < -0.39 is 0 Å². The number of hydrogen-bond donors (Lipinski definition) is 1. The van der Waals surface area contributed by atoms with Crippen LogP contribution in [0, 0.1) is 6.92 Å². The normalized spacial score (nSPS) is 11.1. The second-order valence-electron chi connectivity index (χ2n) is 4.68. The minimum atomic E-state index is -0.329. The molecule has 2 aromatic rings. The molecule has 0 aliphatic rings. The SMILES string of the molecule is COC(=O)c1sc2ncnc(NCCN(C)C)c2c1C. The molecular weight excluding hydrogens is 276 g/mol. The molecule has 0 aliphatic heterocycles. The topological polar surface area (TPSA) is 67.3 Å². The van der Waals surface area contributed by atoms with E-state index in [0.29, 0.717) is 4.88 Å². The Hall–Kier alpha value is -1.73. The molecule has 0 radical (unpaired) electrons. The van der Waals surface area contributed by atoms with E-state index in [9.17, 15) is 4.79 Å². The number of thiophene rings is 1. The van der Waals surface area contributed by atoms with Gasteiger partial charge in [-0.1, -0.05) is 0 Å². The molecular formula is C13H18N4O2S. The lowest BCUT2D eigenvalue weighted by Gasteiger charge is -2.11. The van der Waals surface area contributed by atoms with Crippen LogP contribution in [0.2, 0.25) is 0 Å². The van der Waals surface area contributed by atoms with Gasteiger partial charge in [0.1, 0.15) is 21.9 Å². The number of fused-ring (bicyclic) bond motifs is 1. The molecule has 20 heavy (non-hydrogen) atoms. The third-order valence-corrected chi connectivity index (χ3v) is 4.13. The van der Waals surface area contributed by atoms with Crippen LogP contribution < -0.4 is 5.32 Å². The lowest BCUT2D eigenvalue weighted by Crippen LogP contribution is -2.21. The lowest BCUT2D eigenvalue weighted by molar-refractivity contribution is 0.0605. The van der Waals surface area contributed by atoms with Gasteiger partial charge in [-0.3, -0.25) is 0 Å². The summed E-state index contributed by atoms with van der Waals surface area (Å²) in [5, 5.41) is 4.19. The first-order chi connectivity index (χ1) is 9.54. The average molecular weight is 294 g/mol. The van der Waals surface area contributed by atoms with Gasteiger partial charge in [-0.05, 0) is 26.6 Å². The van der Waals surface area contributed by atoms with E-state index in [4.69, 9.17) is 4.74 Å². The van der Waals surface area contributed by atoms with Crippen molar-refractivity contribution in [1.29, 1.82) is 0 Å². The zero-order chi connectivity index (χ0) is 14.7. The van der Waals surface area contributed by atoms with Crippen LogP contribution in [0.1, 0.15) is 15.2 Å². The highest BCUT2D eigenvalue weighted by Gasteiger charge is 2.19. The number of rotatable bonds is 5. The molecule has 0 aliphatic carbocycles. The first-order valence-electron chi connectivity index (χ1n) is 6.25. The molecule has 7 heteroatoms. The molecule has 0 bridgehead atoms. The highest BCUT2D eigenvalue weighted by atomic mass is 32.1. The molecule has 1 N–H and O–H groups in total. The van der Waals surface area contributed by atoms with Crippen molar-refractivity contribution in [2.24, 2.45) is 0 Å². The summed E-state index contributed by atoms with van der Waals surface area (Å²) >= 11 is 1.33. The summed E-state index contributed by atoms with van der Waals surface area (Å²) in [5.41, 5.74) is 0.866. The molecule has 0 saturated heterocycles. The Morgan fingerprint density at radius 2 is 2.20 bits per heavy atom. The van der Waals surface area contributed by atoms with Gasteiger partial charge < -0.3 is 15.0 Å². The zero-order valence-corrected chi connectivity index (χ0v) is 12.9. The molecule has 0 spiro atoms. The van der Waals surface area contributed by atoms with E-state index >= 15 is 0 Å². The molecule has 0 fully saturated rings. The van der Waals surface area contributed by atoms with Crippen molar-refractivity contribution in [3.05, 3.63) is 16.8 Å². The van der Waals surface area contributed by atoms with Crippen molar-refractivity contribution in [1.82, 2.24) is 14.9 Å². The zero-order valence-electron chi connectivity index (χ0n) is 12.1. The van der Waals surface area contributed by atoms with Gasteiger partial charge in [0.15, 0.2) is 0 Å². The predicted molar refractivity (Wildman–Crippen MR) is 80.5 cm³/mol. The number of aryl methyl sites for hydroxylation is 1. The molecule has 0 atom stereocenters. The fourth-order valence-electron chi connectivity index (χ4n) is 1.89. The first-order valence-corrected chi connectivity index (χ1v) is 7.07. The Kier molecular flexibility index (Phi) is 4.51. The van der Waals surface area contributed by atoms with Crippen molar-refractivity contribution >= 4 is 33.3 Å². The highest BCUT2D eigenvalue weighted by Crippen LogP contribution is 2.33. The van der Waals surface area contributed by atoms with E-state index in [2.05, 4.69) is 20.2 Å². The van der Waals surface area contributed by atoms with Gasteiger partial charge in [-0.25, -0.2) is 14.8 Å². The summed E-state index contributed by atoms with van der Waals surface area (Å²) in [7, 11) is 5.42. The van der Waals surface area contributed by atoms with E-state index in [1.54, 1.807) is 0 Å². The van der Waals surface area contributed by atoms with Gasteiger partial charge in [-0.15, -0.1) is 11.3 Å². The van der Waals surface area contributed by atoms with Crippen LogP contribution >= 0.6 is 11.3 Å². The van der Waals surface area contributed by atoms with Crippen molar-refractivity contribution in [2.75, 3.05) is 39.6 Å². The van der Waals surface area contributed by atoms with Crippen molar-refractivity contribution < 1.29 is 9.53 Å². The molecule has 0 amide bonds. The van der Waals surface area contributed by atoms with Crippen LogP contribution in [0.15, 0.2) is 6.33 Å². The maximum Gasteiger partial charge on any atom is 0.348 e. The fourth-order valence-corrected chi connectivity index (χ4v) is 2.96. The second kappa shape index (κ2) is 6.15. The maximum atomic E-state index is 11.7. The average Bonchev–Trinajstić information content (AvgIpc) is 2.76. The van der Waals surface area contributed by atoms with E-state index in [-0.39, 0.29) is 5.97 Å². The van der Waals surface area contributed by atoms with Crippen molar-refractivity contribution in [3.8, 4) is 0 Å². The van der Waals surface area contributed by atoms with Gasteiger partial charge >= 0.3 is 5.97 Å². The number of hydrogen-bond acceptors (Lipinski definition) is 7. The van der Waals surface area contributed by atoms with Gasteiger partial charge in [0.25, 0.3) is 0 Å². The predicted octanol–water partition coefficient (Wildman–Crippen LogP) is 1.76. The monoisotopic (exact) mass is 294 g/mol. The number of anilines is 1. The summed E-state index contributed by atoms with van der Waals surface area (Å²) in [4.78, 5) is 23.7. The van der Waals surface area contributed by atoms with Gasteiger partial charge in [0.2, 0.25) is 0 Å². The summed E-state index contributed by atoms with van der Waals surface area (Å²) in [5.74, 6) is 0.436. The largest absolute Gasteiger partial charge is 0.465 e. The minimum Gasteiger partial charge on any atom is -0.465 e. The number of nitrogens with zero attached hydrogens (tertiary/aromatic N) is 3. The Balaban J connectivity index is 2.36. The van der Waals surface area contributed by atoms with E-state index in [1.807, 2.05) is 21.0 Å². The Labute approximate surface area is 121 Å². The van der Waals surface area contributed by atoms with Crippen LogP contribution in [-0.2, 0) is 4.74 Å².